The fourth-order valence-electron chi connectivity index (χ4n) is 11.8. The van der Waals surface area contributed by atoms with Gasteiger partial charge in [0.2, 0.25) is 0 Å². The molecular formula is C32H50O6. The molecule has 5 fully saturated rings. The van der Waals surface area contributed by atoms with E-state index in [0.29, 0.717) is 44.0 Å². The number of aliphatic hydroxyl groups is 1. The van der Waals surface area contributed by atoms with E-state index in [1.807, 2.05) is 0 Å². The van der Waals surface area contributed by atoms with Crippen LogP contribution in [0.1, 0.15) is 106 Å². The van der Waals surface area contributed by atoms with E-state index in [4.69, 9.17) is 4.74 Å². The van der Waals surface area contributed by atoms with Crippen LogP contribution in [0.4, 0.5) is 0 Å². The number of hydrogen-bond donors (Lipinski definition) is 2. The number of aliphatic carboxylic acids is 1. The molecule has 0 aromatic carbocycles. The van der Waals surface area contributed by atoms with Gasteiger partial charge in [0.1, 0.15) is 5.78 Å². The van der Waals surface area contributed by atoms with Crippen molar-refractivity contribution in [1.29, 1.82) is 0 Å². The Morgan fingerprint density at radius 1 is 1.00 bits per heavy atom. The molecule has 6 nitrogen and oxygen atoms in total. The summed E-state index contributed by atoms with van der Waals surface area (Å²) in [6.07, 6.45) is 6.58. The molecule has 38 heavy (non-hydrogen) atoms. The zero-order valence-electron chi connectivity index (χ0n) is 24.6. The zero-order chi connectivity index (χ0) is 28.1. The van der Waals surface area contributed by atoms with Crippen molar-refractivity contribution in [2.24, 2.45) is 62.6 Å². The third-order valence-electron chi connectivity index (χ3n) is 14.0. The highest BCUT2D eigenvalue weighted by molar-refractivity contribution is 5.85. The van der Waals surface area contributed by atoms with E-state index in [1.165, 1.54) is 6.92 Å². The van der Waals surface area contributed by atoms with E-state index in [9.17, 15) is 24.6 Å². The first-order valence-electron chi connectivity index (χ1n) is 15.2. The van der Waals surface area contributed by atoms with Crippen molar-refractivity contribution >= 4 is 17.7 Å². The molecule has 0 aromatic rings. The maximum Gasteiger partial charge on any atom is 0.309 e. The number of esters is 1. The summed E-state index contributed by atoms with van der Waals surface area (Å²) < 4.78 is 5.42. The maximum absolute atomic E-state index is 13.0. The van der Waals surface area contributed by atoms with Gasteiger partial charge in [-0.15, -0.1) is 0 Å². The monoisotopic (exact) mass is 530 g/mol. The molecule has 214 valence electrons. The minimum Gasteiger partial charge on any atom is -0.481 e. The molecule has 0 radical (unpaired) electrons. The lowest BCUT2D eigenvalue weighted by atomic mass is 9.31. The smallest absolute Gasteiger partial charge is 0.309 e. The summed E-state index contributed by atoms with van der Waals surface area (Å²) in [6, 6.07) is 0. The molecule has 0 heterocycles. The Hall–Kier alpha value is -1.43. The standard InChI is InChI=1S/C32H50O6/c1-18(17-38-19(2)33)20-10-13-32(27(36)37)15-14-30(6)21(26(20)32)8-9-22-29(5)12-11-24(34)28(3,4)23(29)16-25(35)31(22,30)7/h18,20-23,25-26,35H,8-17H2,1-7H3,(H,36,37)/t18-,20+,21-,22-,23+,25+,26-,29-,30-,31+,32+/m1/s1. The van der Waals surface area contributed by atoms with Crippen molar-refractivity contribution in [3.8, 4) is 0 Å². The van der Waals surface area contributed by atoms with Crippen molar-refractivity contribution in [3.63, 3.8) is 0 Å². The highest BCUT2D eigenvalue weighted by Gasteiger charge is 2.74. The lowest BCUT2D eigenvalue weighted by molar-refractivity contribution is -0.273. The summed E-state index contributed by atoms with van der Waals surface area (Å²) in [5.41, 5.74) is -1.70. The van der Waals surface area contributed by atoms with Crippen LogP contribution in [0.25, 0.3) is 0 Å². The minimum absolute atomic E-state index is 0.0155. The van der Waals surface area contributed by atoms with Gasteiger partial charge >= 0.3 is 11.9 Å². The van der Waals surface area contributed by atoms with Crippen LogP contribution in [0.3, 0.4) is 0 Å². The number of hydrogen-bond acceptors (Lipinski definition) is 5. The molecule has 0 aliphatic heterocycles. The number of fused-ring (bicyclic) bond motifs is 7. The van der Waals surface area contributed by atoms with Crippen LogP contribution in [0, 0.1) is 62.6 Å². The first-order valence-corrected chi connectivity index (χ1v) is 15.2. The first kappa shape index (κ1) is 28.1. The second-order valence-corrected chi connectivity index (χ2v) is 15.4. The van der Waals surface area contributed by atoms with Crippen LogP contribution < -0.4 is 0 Å². The lowest BCUT2D eigenvalue weighted by Crippen LogP contribution is -2.70. The Morgan fingerprint density at radius 3 is 2.32 bits per heavy atom. The predicted molar refractivity (Wildman–Crippen MR) is 144 cm³/mol. The van der Waals surface area contributed by atoms with Gasteiger partial charge < -0.3 is 14.9 Å². The number of aliphatic hydroxyl groups excluding tert-OH is 1. The number of carbonyl (C=O) groups is 3. The molecule has 5 saturated carbocycles. The largest absolute Gasteiger partial charge is 0.481 e. The third kappa shape index (κ3) is 3.43. The van der Waals surface area contributed by atoms with Crippen LogP contribution in [0.2, 0.25) is 0 Å². The average Bonchev–Trinajstić information content (AvgIpc) is 3.24. The molecule has 2 N–H and O–H groups in total. The van der Waals surface area contributed by atoms with Crippen LogP contribution in [0.5, 0.6) is 0 Å². The molecule has 0 spiro atoms. The highest BCUT2D eigenvalue weighted by Crippen LogP contribution is 2.77. The van der Waals surface area contributed by atoms with Crippen molar-refractivity contribution in [3.05, 3.63) is 0 Å². The van der Waals surface area contributed by atoms with Crippen molar-refractivity contribution in [1.82, 2.24) is 0 Å². The van der Waals surface area contributed by atoms with Gasteiger partial charge in [-0.05, 0) is 97.7 Å². The van der Waals surface area contributed by atoms with Crippen LogP contribution >= 0.6 is 0 Å². The van der Waals surface area contributed by atoms with E-state index >= 15 is 0 Å². The molecule has 5 aliphatic carbocycles. The molecule has 0 saturated heterocycles. The topological polar surface area (TPSA) is 101 Å². The van der Waals surface area contributed by atoms with E-state index in [2.05, 4.69) is 41.5 Å². The molecule has 11 atom stereocenters. The van der Waals surface area contributed by atoms with Crippen LogP contribution in [-0.4, -0.2) is 40.6 Å². The Balaban J connectivity index is 1.56. The van der Waals surface area contributed by atoms with Gasteiger partial charge in [-0.3, -0.25) is 14.4 Å². The fraction of sp³-hybridized carbons (Fsp3) is 0.906. The quantitative estimate of drug-likeness (QED) is 0.440. The second kappa shape index (κ2) is 8.78. The number of carbonyl (C=O) groups excluding carboxylic acids is 2. The summed E-state index contributed by atoms with van der Waals surface area (Å²) in [4.78, 5) is 37.6. The van der Waals surface area contributed by atoms with Gasteiger partial charge in [-0.2, -0.15) is 0 Å². The van der Waals surface area contributed by atoms with Crippen LogP contribution in [0.15, 0.2) is 0 Å². The number of rotatable bonds is 4. The van der Waals surface area contributed by atoms with E-state index in [1.54, 1.807) is 0 Å². The maximum atomic E-state index is 13.0. The second-order valence-electron chi connectivity index (χ2n) is 15.4. The van der Waals surface area contributed by atoms with Crippen molar-refractivity contribution in [2.75, 3.05) is 6.61 Å². The van der Waals surface area contributed by atoms with E-state index in [0.717, 1.165) is 32.1 Å². The minimum atomic E-state index is -0.728. The van der Waals surface area contributed by atoms with Crippen LogP contribution in [-0.2, 0) is 19.1 Å². The van der Waals surface area contributed by atoms with Gasteiger partial charge in [0.25, 0.3) is 0 Å². The SMILES string of the molecule is CC(=O)OC[C@@H](C)[C@@H]1CC[C@]2(C(=O)O)CC[C@]3(C)[C@H](CC[C@@H]4[C@@]5(C)CCC(=O)C(C)(C)[C@@H]5C[C@H](O)[C@]43C)[C@@H]12. The van der Waals surface area contributed by atoms with E-state index < -0.39 is 22.9 Å². The first-order chi connectivity index (χ1) is 17.6. The molecule has 0 amide bonds. The normalized spacial score (nSPS) is 50.2. The Kier molecular flexibility index (Phi) is 6.50. The zero-order valence-corrected chi connectivity index (χ0v) is 24.6. The molecule has 5 rings (SSSR count). The van der Waals surface area contributed by atoms with Gasteiger partial charge in [0.05, 0.1) is 18.1 Å². The fourth-order valence-corrected chi connectivity index (χ4v) is 11.8. The van der Waals surface area contributed by atoms with Gasteiger partial charge in [-0.1, -0.05) is 41.5 Å². The number of carboxylic acids is 1. The molecule has 0 aromatic heterocycles. The van der Waals surface area contributed by atoms with Crippen molar-refractivity contribution < 1.29 is 29.3 Å². The summed E-state index contributed by atoms with van der Waals surface area (Å²) in [5.74, 6) is 0.341. The highest BCUT2D eigenvalue weighted by atomic mass is 16.5. The average molecular weight is 531 g/mol. The van der Waals surface area contributed by atoms with Crippen molar-refractivity contribution in [2.45, 2.75) is 112 Å². The number of ether oxygens (including phenoxy) is 1. The summed E-state index contributed by atoms with van der Waals surface area (Å²) >= 11 is 0. The number of carboxylic acid groups (broad SMARTS) is 1. The third-order valence-corrected chi connectivity index (χ3v) is 14.0. The molecule has 6 heteroatoms. The van der Waals surface area contributed by atoms with Gasteiger partial charge in [0.15, 0.2) is 0 Å². The molecule has 5 aliphatic rings. The molecule has 0 bridgehead atoms. The Morgan fingerprint density at radius 2 is 1.68 bits per heavy atom. The summed E-state index contributed by atoms with van der Waals surface area (Å²) in [6.45, 7) is 15.2. The summed E-state index contributed by atoms with van der Waals surface area (Å²) in [7, 11) is 0. The number of Topliss-reactive ketones (excluding diaryl/α,β-unsaturated/α-hetero) is 1. The Labute approximate surface area is 228 Å². The molecular weight excluding hydrogens is 480 g/mol. The molecule has 0 unspecified atom stereocenters. The number of ketones is 1. The predicted octanol–water partition coefficient (Wildman–Crippen LogP) is 5.89. The van der Waals surface area contributed by atoms with E-state index in [-0.39, 0.29) is 51.8 Å². The van der Waals surface area contributed by atoms with Gasteiger partial charge in [0, 0.05) is 24.2 Å². The van der Waals surface area contributed by atoms with Gasteiger partial charge in [-0.25, -0.2) is 0 Å². The lowest BCUT2D eigenvalue weighted by Gasteiger charge is -2.73. The summed E-state index contributed by atoms with van der Waals surface area (Å²) in [5, 5.41) is 22.7. The Bertz CT molecular complexity index is 1020.